The average Bonchev–Trinajstić information content (AvgIpc) is 2.88. The largest absolute Gasteiger partial charge is 0.481 e. The first-order chi connectivity index (χ1) is 10.8. The Morgan fingerprint density at radius 1 is 1.22 bits per heavy atom. The van der Waals surface area contributed by atoms with Gasteiger partial charge in [-0.05, 0) is 23.3 Å². The average molecular weight is 319 g/mol. The third-order valence-corrected chi connectivity index (χ3v) is 4.10. The van der Waals surface area contributed by atoms with Crippen LogP contribution in [-0.4, -0.2) is 35.2 Å². The number of likely N-dealkylation sites (tertiary alicyclic amines) is 1. The van der Waals surface area contributed by atoms with Gasteiger partial charge in [-0.2, -0.15) is 0 Å². The van der Waals surface area contributed by atoms with Gasteiger partial charge >= 0.3 is 12.1 Å². The Labute approximate surface area is 137 Å². The Hall–Kier alpha value is -2.04. The summed E-state index contributed by atoms with van der Waals surface area (Å²) in [6.45, 7) is 7.14. The van der Waals surface area contributed by atoms with E-state index in [2.05, 4.69) is 20.8 Å². The molecule has 0 bridgehead atoms. The molecule has 1 saturated heterocycles. The van der Waals surface area contributed by atoms with E-state index in [1.165, 1.54) is 4.90 Å². The predicted molar refractivity (Wildman–Crippen MR) is 86.9 cm³/mol. The van der Waals surface area contributed by atoms with Crippen LogP contribution in [0.3, 0.4) is 0 Å². The van der Waals surface area contributed by atoms with Crippen LogP contribution in [0.25, 0.3) is 0 Å². The summed E-state index contributed by atoms with van der Waals surface area (Å²) in [5.41, 5.74) is 0.948. The van der Waals surface area contributed by atoms with Crippen molar-refractivity contribution in [1.82, 2.24) is 4.90 Å². The van der Waals surface area contributed by atoms with Crippen molar-refractivity contribution in [1.29, 1.82) is 0 Å². The summed E-state index contributed by atoms with van der Waals surface area (Å²) in [5, 5.41) is 9.41. The molecule has 1 aliphatic heterocycles. The molecular weight excluding hydrogens is 294 g/mol. The summed E-state index contributed by atoms with van der Waals surface area (Å²) < 4.78 is 5.31. The van der Waals surface area contributed by atoms with Crippen LogP contribution in [-0.2, 0) is 16.1 Å². The van der Waals surface area contributed by atoms with Crippen LogP contribution in [0.1, 0.15) is 32.8 Å². The number of hydrogen-bond acceptors (Lipinski definition) is 3. The number of carboxylic acids is 1. The van der Waals surface area contributed by atoms with Gasteiger partial charge in [0.1, 0.15) is 6.61 Å². The third-order valence-electron chi connectivity index (χ3n) is 4.10. The molecule has 23 heavy (non-hydrogen) atoms. The minimum atomic E-state index is -0.836. The van der Waals surface area contributed by atoms with Crippen molar-refractivity contribution in [3.63, 3.8) is 0 Å². The summed E-state index contributed by atoms with van der Waals surface area (Å²) in [7, 11) is 0. The molecule has 0 spiro atoms. The molecule has 1 N–H and O–H groups in total. The van der Waals surface area contributed by atoms with E-state index >= 15 is 0 Å². The predicted octanol–water partition coefficient (Wildman–Crippen LogP) is 3.39. The number of carbonyl (C=O) groups is 2. The van der Waals surface area contributed by atoms with Crippen molar-refractivity contribution in [2.75, 3.05) is 13.1 Å². The van der Waals surface area contributed by atoms with E-state index in [4.69, 9.17) is 4.74 Å². The monoisotopic (exact) mass is 319 g/mol. The highest BCUT2D eigenvalue weighted by Crippen LogP contribution is 2.34. The zero-order valence-electron chi connectivity index (χ0n) is 14.0. The van der Waals surface area contributed by atoms with E-state index in [1.807, 2.05) is 30.3 Å². The van der Waals surface area contributed by atoms with Crippen LogP contribution in [0.2, 0.25) is 0 Å². The smallest absolute Gasteiger partial charge is 0.410 e. The lowest BCUT2D eigenvalue weighted by atomic mass is 9.80. The van der Waals surface area contributed by atoms with Crippen molar-refractivity contribution in [2.24, 2.45) is 17.3 Å². The summed E-state index contributed by atoms with van der Waals surface area (Å²) in [4.78, 5) is 25.2. The molecule has 1 aromatic carbocycles. The van der Waals surface area contributed by atoms with Crippen molar-refractivity contribution in [2.45, 2.75) is 33.8 Å². The van der Waals surface area contributed by atoms with Crippen molar-refractivity contribution in [3.05, 3.63) is 35.9 Å². The molecule has 5 heteroatoms. The molecule has 0 aromatic heterocycles. The molecule has 0 aliphatic carbocycles. The van der Waals surface area contributed by atoms with Crippen LogP contribution in [0.5, 0.6) is 0 Å². The Morgan fingerprint density at radius 2 is 1.87 bits per heavy atom. The molecule has 1 aromatic rings. The zero-order valence-corrected chi connectivity index (χ0v) is 14.0. The molecule has 1 aliphatic rings. The Balaban J connectivity index is 1.94. The van der Waals surface area contributed by atoms with E-state index in [0.29, 0.717) is 6.54 Å². The van der Waals surface area contributed by atoms with E-state index < -0.39 is 18.0 Å². The SMILES string of the molecule is CC(C)(C)C[C@@H]1CN(C(=O)OCc2ccccc2)C[C@H]1C(=O)O. The van der Waals surface area contributed by atoms with Crippen molar-refractivity contribution < 1.29 is 19.4 Å². The fraction of sp³-hybridized carbons (Fsp3) is 0.556. The number of benzene rings is 1. The first-order valence-electron chi connectivity index (χ1n) is 7.95. The number of amides is 1. The highest BCUT2D eigenvalue weighted by atomic mass is 16.6. The number of ether oxygens (including phenoxy) is 1. The molecule has 1 fully saturated rings. The summed E-state index contributed by atoms with van der Waals surface area (Å²) in [6, 6.07) is 9.46. The molecule has 126 valence electrons. The molecule has 1 heterocycles. The topological polar surface area (TPSA) is 66.8 Å². The molecule has 0 saturated carbocycles. The Bertz CT molecular complexity index is 550. The van der Waals surface area contributed by atoms with Crippen LogP contribution in [0.4, 0.5) is 4.79 Å². The second kappa shape index (κ2) is 7.02. The first kappa shape index (κ1) is 17.3. The Kier molecular flexibility index (Phi) is 5.29. The standard InChI is InChI=1S/C18H25NO4/c1-18(2,3)9-14-10-19(11-15(14)16(20)21)17(22)23-12-13-7-5-4-6-8-13/h4-8,14-15H,9-12H2,1-3H3,(H,20,21)/t14-,15-/m1/s1. The molecular formula is C18H25NO4. The number of nitrogens with zero attached hydrogens (tertiary/aromatic N) is 1. The normalized spacial score (nSPS) is 21.3. The van der Waals surface area contributed by atoms with E-state index in [9.17, 15) is 14.7 Å². The highest BCUT2D eigenvalue weighted by molar-refractivity contribution is 5.74. The van der Waals surface area contributed by atoms with E-state index in [0.717, 1.165) is 12.0 Å². The third kappa shape index (κ3) is 4.98. The number of rotatable bonds is 4. The summed E-state index contributed by atoms with van der Waals surface area (Å²) in [6.07, 6.45) is 0.336. The number of carboxylic acid groups (broad SMARTS) is 1. The van der Waals surface area contributed by atoms with Crippen molar-refractivity contribution in [3.8, 4) is 0 Å². The maximum absolute atomic E-state index is 12.2. The number of aliphatic carboxylic acids is 1. The molecule has 2 atom stereocenters. The van der Waals surface area contributed by atoms with Gasteiger partial charge in [0.15, 0.2) is 0 Å². The van der Waals surface area contributed by atoms with Gasteiger partial charge in [-0.3, -0.25) is 4.79 Å². The minimum absolute atomic E-state index is 0.0301. The number of hydrogen-bond donors (Lipinski definition) is 1. The van der Waals surface area contributed by atoms with Gasteiger partial charge in [-0.25, -0.2) is 4.79 Å². The molecule has 1 amide bonds. The van der Waals surface area contributed by atoms with Crippen molar-refractivity contribution >= 4 is 12.1 Å². The maximum Gasteiger partial charge on any atom is 0.410 e. The van der Waals surface area contributed by atoms with Gasteiger partial charge in [0.2, 0.25) is 0 Å². The van der Waals surface area contributed by atoms with Gasteiger partial charge in [-0.1, -0.05) is 51.1 Å². The van der Waals surface area contributed by atoms with E-state index in [-0.39, 0.29) is 24.5 Å². The second-order valence-corrected chi connectivity index (χ2v) is 7.41. The van der Waals surface area contributed by atoms with Crippen LogP contribution >= 0.6 is 0 Å². The zero-order chi connectivity index (χ0) is 17.0. The fourth-order valence-electron chi connectivity index (χ4n) is 3.10. The number of carbonyl (C=O) groups excluding carboxylic acids is 1. The summed E-state index contributed by atoms with van der Waals surface area (Å²) >= 11 is 0. The maximum atomic E-state index is 12.2. The van der Waals surface area contributed by atoms with Gasteiger partial charge in [-0.15, -0.1) is 0 Å². The summed E-state index contributed by atoms with van der Waals surface area (Å²) in [5.74, 6) is -1.38. The quantitative estimate of drug-likeness (QED) is 0.923. The van der Waals surface area contributed by atoms with Gasteiger partial charge in [0.25, 0.3) is 0 Å². The lowest BCUT2D eigenvalue weighted by molar-refractivity contribution is -0.142. The fourth-order valence-corrected chi connectivity index (χ4v) is 3.10. The molecule has 5 nitrogen and oxygen atoms in total. The van der Waals surface area contributed by atoms with Gasteiger partial charge in [0, 0.05) is 13.1 Å². The highest BCUT2D eigenvalue weighted by Gasteiger charge is 2.41. The molecule has 0 unspecified atom stereocenters. The lowest BCUT2D eigenvalue weighted by Gasteiger charge is -2.24. The Morgan fingerprint density at radius 3 is 2.43 bits per heavy atom. The molecule has 0 radical (unpaired) electrons. The lowest BCUT2D eigenvalue weighted by Crippen LogP contribution is -2.30. The minimum Gasteiger partial charge on any atom is -0.481 e. The van der Waals surface area contributed by atoms with Crippen LogP contribution in [0.15, 0.2) is 30.3 Å². The van der Waals surface area contributed by atoms with Gasteiger partial charge < -0.3 is 14.7 Å². The van der Waals surface area contributed by atoms with Gasteiger partial charge in [0.05, 0.1) is 5.92 Å². The second-order valence-electron chi connectivity index (χ2n) is 7.41. The first-order valence-corrected chi connectivity index (χ1v) is 7.95. The molecule has 2 rings (SSSR count). The van der Waals surface area contributed by atoms with E-state index in [1.54, 1.807) is 0 Å². The van der Waals surface area contributed by atoms with Crippen LogP contribution < -0.4 is 0 Å². The van der Waals surface area contributed by atoms with Crippen LogP contribution in [0, 0.1) is 17.3 Å².